The first-order valence-electron chi connectivity index (χ1n) is 8.83. The van der Waals surface area contributed by atoms with E-state index in [0.717, 1.165) is 4.47 Å². The monoisotopic (exact) mass is 417 g/mol. The van der Waals surface area contributed by atoms with Crippen LogP contribution in [0, 0.1) is 0 Å². The average molecular weight is 418 g/mol. The molecule has 0 amide bonds. The molecule has 6 rings (SSSR count). The minimum atomic E-state index is -0.0229. The van der Waals surface area contributed by atoms with E-state index < -0.39 is 0 Å². The lowest BCUT2D eigenvalue weighted by Crippen LogP contribution is -2.26. The van der Waals surface area contributed by atoms with Gasteiger partial charge < -0.3 is 4.57 Å². The molecule has 1 nitrogen and oxygen atoms in total. The normalized spacial score (nSPS) is 15.0. The van der Waals surface area contributed by atoms with Gasteiger partial charge in [-0.05, 0) is 35.4 Å². The number of aromatic nitrogens is 1. The summed E-state index contributed by atoms with van der Waals surface area (Å²) in [6, 6.07) is 22.3. The molecule has 0 atom stereocenters. The lowest BCUT2D eigenvalue weighted by atomic mass is 9.75. The second-order valence-electron chi connectivity index (χ2n) is 7.60. The fourth-order valence-corrected chi connectivity index (χ4v) is 6.18. The molecule has 3 heteroatoms. The van der Waals surface area contributed by atoms with Gasteiger partial charge >= 0.3 is 0 Å². The molecule has 0 N–H and O–H groups in total. The molecular weight excluding hydrogens is 402 g/mol. The summed E-state index contributed by atoms with van der Waals surface area (Å²) in [6.45, 7) is 4.69. The Labute approximate surface area is 164 Å². The highest BCUT2D eigenvalue weighted by atomic mass is 79.9. The maximum atomic E-state index is 3.68. The molecule has 2 aromatic heterocycles. The first kappa shape index (κ1) is 15.0. The third-order valence-corrected chi connectivity index (χ3v) is 7.53. The summed E-state index contributed by atoms with van der Waals surface area (Å²) in [5, 5.41) is 2.73. The zero-order valence-corrected chi connectivity index (χ0v) is 16.9. The maximum absolute atomic E-state index is 3.68. The highest BCUT2D eigenvalue weighted by Crippen LogP contribution is 2.50. The van der Waals surface area contributed by atoms with E-state index in [1.807, 2.05) is 11.3 Å². The number of para-hydroxylation sites is 1. The Morgan fingerprint density at radius 2 is 1.65 bits per heavy atom. The molecule has 0 fully saturated rings. The molecule has 3 aromatic carbocycles. The lowest BCUT2D eigenvalue weighted by molar-refractivity contribution is 0.630. The van der Waals surface area contributed by atoms with Crippen molar-refractivity contribution in [2.75, 3.05) is 0 Å². The van der Waals surface area contributed by atoms with Gasteiger partial charge in [0.2, 0.25) is 0 Å². The first-order valence-corrected chi connectivity index (χ1v) is 10.4. The second-order valence-corrected chi connectivity index (χ2v) is 9.57. The number of hydrogen-bond acceptors (Lipinski definition) is 1. The van der Waals surface area contributed by atoms with Gasteiger partial charge in [-0.3, -0.25) is 0 Å². The van der Waals surface area contributed by atoms with E-state index in [9.17, 15) is 0 Å². The van der Waals surface area contributed by atoms with Crippen LogP contribution in [0.1, 0.15) is 25.0 Å². The molecule has 1 aliphatic heterocycles. The van der Waals surface area contributed by atoms with Crippen molar-refractivity contribution in [3.63, 3.8) is 0 Å². The largest absolute Gasteiger partial charge is 0.307 e. The van der Waals surface area contributed by atoms with Gasteiger partial charge in [0.1, 0.15) is 0 Å². The molecule has 0 radical (unpaired) electrons. The fraction of sp³-hybridized carbons (Fsp3) is 0.130. The predicted molar refractivity (Wildman–Crippen MR) is 116 cm³/mol. The van der Waals surface area contributed by atoms with Crippen LogP contribution in [0.4, 0.5) is 0 Å². The molecule has 0 saturated carbocycles. The molecule has 126 valence electrons. The van der Waals surface area contributed by atoms with Gasteiger partial charge in [-0.1, -0.05) is 66.2 Å². The van der Waals surface area contributed by atoms with E-state index in [1.54, 1.807) is 0 Å². The fourth-order valence-electron chi connectivity index (χ4n) is 4.61. The van der Waals surface area contributed by atoms with Gasteiger partial charge in [-0.25, -0.2) is 0 Å². The molecule has 3 heterocycles. The Kier molecular flexibility index (Phi) is 2.76. The smallest absolute Gasteiger partial charge is 0.0727 e. The zero-order valence-electron chi connectivity index (χ0n) is 14.5. The molecule has 0 bridgehead atoms. The molecule has 0 saturated heterocycles. The molecule has 5 aromatic rings. The van der Waals surface area contributed by atoms with Crippen molar-refractivity contribution in [1.29, 1.82) is 0 Å². The standard InChI is InChI=1S/C23H16BrNS/c1-23(2)16-8-5-7-15-20(16)25(18-11-10-13(24)12-17(18)23)21-14-6-3-4-9-19(14)26-22(15)21/h3-12H,1-2H3. The summed E-state index contributed by atoms with van der Waals surface area (Å²) in [7, 11) is 0. The summed E-state index contributed by atoms with van der Waals surface area (Å²) < 4.78 is 6.40. The highest BCUT2D eigenvalue weighted by molar-refractivity contribution is 9.10. The van der Waals surface area contributed by atoms with Crippen molar-refractivity contribution in [3.8, 4) is 5.69 Å². The number of fused-ring (bicyclic) bond motifs is 7. The molecule has 0 aliphatic carbocycles. The van der Waals surface area contributed by atoms with Gasteiger partial charge in [0, 0.05) is 25.4 Å². The van der Waals surface area contributed by atoms with E-state index in [4.69, 9.17) is 0 Å². The predicted octanol–water partition coefficient (Wildman–Crippen LogP) is 7.40. The minimum Gasteiger partial charge on any atom is -0.307 e. The van der Waals surface area contributed by atoms with Crippen LogP contribution in [0.5, 0.6) is 0 Å². The van der Waals surface area contributed by atoms with Crippen molar-refractivity contribution in [2.45, 2.75) is 19.3 Å². The number of nitrogens with zero attached hydrogens (tertiary/aromatic N) is 1. The van der Waals surface area contributed by atoms with Crippen LogP contribution >= 0.6 is 27.3 Å². The summed E-state index contributed by atoms with van der Waals surface area (Å²) >= 11 is 5.60. The quantitative estimate of drug-likeness (QED) is 0.247. The zero-order chi connectivity index (χ0) is 17.6. The van der Waals surface area contributed by atoms with E-state index in [-0.39, 0.29) is 5.41 Å². The third kappa shape index (κ3) is 1.66. The summed E-state index contributed by atoms with van der Waals surface area (Å²) in [5.41, 5.74) is 6.80. The van der Waals surface area contributed by atoms with E-state index in [2.05, 4.69) is 95.0 Å². The lowest BCUT2D eigenvalue weighted by Gasteiger charge is -2.34. The third-order valence-electron chi connectivity index (χ3n) is 5.84. The number of rotatable bonds is 0. The Bertz CT molecular complexity index is 1370. The summed E-state index contributed by atoms with van der Waals surface area (Å²) in [6.07, 6.45) is 0. The molecule has 0 spiro atoms. The van der Waals surface area contributed by atoms with Crippen LogP contribution in [0.25, 0.3) is 36.9 Å². The molecular formula is C23H16BrNS. The van der Waals surface area contributed by atoms with Gasteiger partial charge in [0.05, 0.1) is 21.4 Å². The highest BCUT2D eigenvalue weighted by Gasteiger charge is 2.35. The number of benzene rings is 3. The Morgan fingerprint density at radius 1 is 0.846 bits per heavy atom. The molecule has 26 heavy (non-hydrogen) atoms. The maximum Gasteiger partial charge on any atom is 0.0727 e. The van der Waals surface area contributed by atoms with E-state index >= 15 is 0 Å². The molecule has 0 unspecified atom stereocenters. The topological polar surface area (TPSA) is 4.93 Å². The van der Waals surface area contributed by atoms with E-state index in [0.29, 0.717) is 0 Å². The van der Waals surface area contributed by atoms with Crippen molar-refractivity contribution >= 4 is 58.5 Å². The van der Waals surface area contributed by atoms with Gasteiger partial charge in [-0.2, -0.15) is 0 Å². The number of thiophene rings is 1. The summed E-state index contributed by atoms with van der Waals surface area (Å²) in [4.78, 5) is 0. The van der Waals surface area contributed by atoms with Crippen LogP contribution in [0.15, 0.2) is 65.1 Å². The molecule has 1 aliphatic rings. The van der Waals surface area contributed by atoms with Crippen molar-refractivity contribution in [3.05, 3.63) is 76.3 Å². The van der Waals surface area contributed by atoms with Crippen LogP contribution < -0.4 is 0 Å². The van der Waals surface area contributed by atoms with Crippen LogP contribution in [0.3, 0.4) is 0 Å². The minimum absolute atomic E-state index is 0.0229. The van der Waals surface area contributed by atoms with Gasteiger partial charge in [0.25, 0.3) is 0 Å². The number of halogens is 1. The average Bonchev–Trinajstić information content (AvgIpc) is 3.16. The second kappa shape index (κ2) is 4.79. The van der Waals surface area contributed by atoms with E-state index in [1.165, 1.54) is 48.0 Å². The van der Waals surface area contributed by atoms with Crippen molar-refractivity contribution in [2.24, 2.45) is 0 Å². The Morgan fingerprint density at radius 3 is 2.54 bits per heavy atom. The van der Waals surface area contributed by atoms with Crippen LogP contribution in [-0.4, -0.2) is 4.57 Å². The Balaban J connectivity index is 1.96. The van der Waals surface area contributed by atoms with Crippen LogP contribution in [-0.2, 0) is 5.41 Å². The van der Waals surface area contributed by atoms with Crippen molar-refractivity contribution < 1.29 is 0 Å². The first-order chi connectivity index (χ1) is 12.6. The Hall–Kier alpha value is -2.10. The summed E-state index contributed by atoms with van der Waals surface area (Å²) in [5.74, 6) is 0. The van der Waals surface area contributed by atoms with Crippen LogP contribution in [0.2, 0.25) is 0 Å². The van der Waals surface area contributed by atoms with Crippen molar-refractivity contribution in [1.82, 2.24) is 4.57 Å². The van der Waals surface area contributed by atoms with Gasteiger partial charge in [-0.15, -0.1) is 11.3 Å². The SMILES string of the molecule is CC1(C)c2cc(Br)ccc2-n2c3c1cccc3c1sc3ccccc3c12. The van der Waals surface area contributed by atoms with Gasteiger partial charge in [0.15, 0.2) is 0 Å². The number of hydrogen-bond donors (Lipinski definition) is 0.